The van der Waals surface area contributed by atoms with Crippen LogP contribution in [0.15, 0.2) is 79.4 Å². The molecule has 6 heteroatoms. The molecule has 0 radical (unpaired) electrons. The van der Waals surface area contributed by atoms with E-state index < -0.39 is 0 Å². The van der Waals surface area contributed by atoms with Gasteiger partial charge in [-0.25, -0.2) is 4.98 Å². The van der Waals surface area contributed by atoms with Gasteiger partial charge in [-0.1, -0.05) is 6.07 Å². The highest BCUT2D eigenvalue weighted by Crippen LogP contribution is 2.37. The van der Waals surface area contributed by atoms with E-state index in [9.17, 15) is 0 Å². The van der Waals surface area contributed by atoms with Gasteiger partial charge in [0, 0.05) is 46.5 Å². The molecule has 0 spiro atoms. The van der Waals surface area contributed by atoms with Crippen molar-refractivity contribution in [1.82, 2.24) is 24.9 Å². The van der Waals surface area contributed by atoms with E-state index in [1.54, 1.807) is 23.7 Å². The van der Waals surface area contributed by atoms with Crippen molar-refractivity contribution in [3.63, 3.8) is 0 Å². The van der Waals surface area contributed by atoms with Gasteiger partial charge in [-0.3, -0.25) is 9.97 Å². The van der Waals surface area contributed by atoms with Gasteiger partial charge in [0.25, 0.3) is 0 Å². The molecule has 1 aromatic carbocycles. The number of pyridine rings is 2. The Labute approximate surface area is 170 Å². The normalized spacial score (nSPS) is 11.4. The highest BCUT2D eigenvalue weighted by Gasteiger charge is 2.11. The SMILES string of the molecule is c1cc(-c2cc3sc(-c4ccc5nc(-c6ccncc6)[nH]c5c4)cc3[nH]2)ccn1. The zero-order valence-corrected chi connectivity index (χ0v) is 16.1. The van der Waals surface area contributed by atoms with Crippen molar-refractivity contribution < 1.29 is 0 Å². The Hall–Kier alpha value is -3.77. The van der Waals surface area contributed by atoms with Crippen molar-refractivity contribution in [2.24, 2.45) is 0 Å². The second-order valence-corrected chi connectivity index (χ2v) is 7.94. The van der Waals surface area contributed by atoms with Gasteiger partial charge in [-0.2, -0.15) is 0 Å². The van der Waals surface area contributed by atoms with Crippen LogP contribution in [-0.2, 0) is 0 Å². The average Bonchev–Trinajstić information content (AvgIpc) is 3.47. The summed E-state index contributed by atoms with van der Waals surface area (Å²) in [5.74, 6) is 0.861. The van der Waals surface area contributed by atoms with Crippen LogP contribution in [-0.4, -0.2) is 24.9 Å². The van der Waals surface area contributed by atoms with Crippen LogP contribution in [0, 0.1) is 0 Å². The van der Waals surface area contributed by atoms with Crippen molar-refractivity contribution >= 4 is 32.6 Å². The number of aromatic nitrogens is 5. The molecular weight excluding hydrogens is 378 g/mol. The van der Waals surface area contributed by atoms with Crippen LogP contribution >= 0.6 is 11.3 Å². The first-order valence-corrected chi connectivity index (χ1v) is 10.1. The maximum Gasteiger partial charge on any atom is 0.138 e. The number of hydrogen-bond donors (Lipinski definition) is 2. The average molecular weight is 393 g/mol. The Kier molecular flexibility index (Phi) is 3.57. The number of benzene rings is 1. The molecule has 138 valence electrons. The monoisotopic (exact) mass is 393 g/mol. The summed E-state index contributed by atoms with van der Waals surface area (Å²) in [6, 6.07) is 18.7. The molecular formula is C23H15N5S. The summed E-state index contributed by atoms with van der Waals surface area (Å²) in [7, 11) is 0. The maximum atomic E-state index is 4.70. The van der Waals surface area contributed by atoms with Gasteiger partial charge >= 0.3 is 0 Å². The number of nitrogens with one attached hydrogen (secondary N) is 2. The second kappa shape index (κ2) is 6.39. The molecule has 6 rings (SSSR count). The molecule has 0 saturated carbocycles. The smallest absolute Gasteiger partial charge is 0.138 e. The molecule has 0 aliphatic rings. The second-order valence-electron chi connectivity index (χ2n) is 6.86. The minimum absolute atomic E-state index is 0.861. The topological polar surface area (TPSA) is 70.2 Å². The molecule has 5 heterocycles. The van der Waals surface area contributed by atoms with E-state index in [4.69, 9.17) is 4.98 Å². The predicted molar refractivity (Wildman–Crippen MR) is 118 cm³/mol. The van der Waals surface area contributed by atoms with E-state index in [-0.39, 0.29) is 0 Å². The standard InChI is InChI=1S/C23H15N5S/c1-2-17-19(28-23(27-17)15-5-9-25-10-6-15)11-16(1)21-13-20-22(29-21)12-18(26-20)14-3-7-24-8-4-14/h1-13,26H,(H,27,28). The van der Waals surface area contributed by atoms with Crippen molar-refractivity contribution in [2.45, 2.75) is 0 Å². The van der Waals surface area contributed by atoms with E-state index in [2.05, 4.69) is 50.3 Å². The summed E-state index contributed by atoms with van der Waals surface area (Å²) in [6.07, 6.45) is 7.19. The number of H-pyrrole nitrogens is 2. The summed E-state index contributed by atoms with van der Waals surface area (Å²) in [4.78, 5) is 21.1. The molecule has 0 amide bonds. The Morgan fingerprint density at radius 3 is 2.17 bits per heavy atom. The summed E-state index contributed by atoms with van der Waals surface area (Å²) in [5.41, 5.74) is 7.62. The summed E-state index contributed by atoms with van der Waals surface area (Å²) < 4.78 is 1.24. The lowest BCUT2D eigenvalue weighted by Crippen LogP contribution is -1.79. The van der Waals surface area contributed by atoms with Crippen LogP contribution in [0.3, 0.4) is 0 Å². The predicted octanol–water partition coefficient (Wildman–Crippen LogP) is 5.90. The van der Waals surface area contributed by atoms with Crippen LogP contribution in [0.2, 0.25) is 0 Å². The lowest BCUT2D eigenvalue weighted by atomic mass is 10.1. The molecule has 5 aromatic heterocycles. The summed E-state index contributed by atoms with van der Waals surface area (Å²) in [5, 5.41) is 0. The van der Waals surface area contributed by atoms with Crippen LogP contribution < -0.4 is 0 Å². The maximum absolute atomic E-state index is 4.70. The summed E-state index contributed by atoms with van der Waals surface area (Å²) >= 11 is 1.79. The van der Waals surface area contributed by atoms with Crippen LogP contribution in [0.4, 0.5) is 0 Å². The first-order valence-electron chi connectivity index (χ1n) is 9.27. The molecule has 0 saturated heterocycles. The van der Waals surface area contributed by atoms with Crippen molar-refractivity contribution in [2.75, 3.05) is 0 Å². The molecule has 0 aliphatic carbocycles. The van der Waals surface area contributed by atoms with Crippen molar-refractivity contribution in [3.8, 4) is 33.1 Å². The molecule has 0 bridgehead atoms. The third-order valence-electron chi connectivity index (χ3n) is 5.02. The number of aromatic amines is 2. The number of thiophene rings is 1. The fourth-order valence-electron chi connectivity index (χ4n) is 3.56. The van der Waals surface area contributed by atoms with Crippen LogP contribution in [0.5, 0.6) is 0 Å². The fourth-order valence-corrected chi connectivity index (χ4v) is 4.62. The third-order valence-corrected chi connectivity index (χ3v) is 6.15. The Morgan fingerprint density at radius 1 is 0.655 bits per heavy atom. The Bertz CT molecular complexity index is 1410. The van der Waals surface area contributed by atoms with Gasteiger partial charge in [0.1, 0.15) is 5.82 Å². The molecule has 0 fully saturated rings. The van der Waals surface area contributed by atoms with Crippen LogP contribution in [0.1, 0.15) is 0 Å². The first kappa shape index (κ1) is 16.2. The van der Waals surface area contributed by atoms with Crippen molar-refractivity contribution in [1.29, 1.82) is 0 Å². The zero-order chi connectivity index (χ0) is 19.2. The molecule has 5 nitrogen and oxygen atoms in total. The van der Waals surface area contributed by atoms with E-state index in [0.29, 0.717) is 0 Å². The molecule has 2 N–H and O–H groups in total. The molecule has 0 unspecified atom stereocenters. The van der Waals surface area contributed by atoms with E-state index >= 15 is 0 Å². The number of nitrogens with zero attached hydrogens (tertiary/aromatic N) is 3. The quantitative estimate of drug-likeness (QED) is 0.393. The van der Waals surface area contributed by atoms with E-state index in [1.165, 1.54) is 15.1 Å². The number of hydrogen-bond acceptors (Lipinski definition) is 4. The highest BCUT2D eigenvalue weighted by atomic mass is 32.1. The largest absolute Gasteiger partial charge is 0.354 e. The lowest BCUT2D eigenvalue weighted by Gasteiger charge is -1.98. The highest BCUT2D eigenvalue weighted by molar-refractivity contribution is 7.22. The first-order chi connectivity index (χ1) is 14.3. The number of rotatable bonds is 3. The number of fused-ring (bicyclic) bond motifs is 2. The molecule has 0 atom stereocenters. The van der Waals surface area contributed by atoms with E-state index in [1.807, 2.05) is 36.7 Å². The lowest BCUT2D eigenvalue weighted by molar-refractivity contribution is 1.28. The van der Waals surface area contributed by atoms with Crippen LogP contribution in [0.25, 0.3) is 54.3 Å². The van der Waals surface area contributed by atoms with Gasteiger partial charge in [0.15, 0.2) is 0 Å². The van der Waals surface area contributed by atoms with E-state index in [0.717, 1.165) is 39.2 Å². The molecule has 29 heavy (non-hydrogen) atoms. The van der Waals surface area contributed by atoms with Gasteiger partial charge in [-0.05, 0) is 54.1 Å². The minimum Gasteiger partial charge on any atom is -0.354 e. The zero-order valence-electron chi connectivity index (χ0n) is 15.3. The van der Waals surface area contributed by atoms with Crippen molar-refractivity contribution in [3.05, 3.63) is 79.4 Å². The third kappa shape index (κ3) is 2.81. The summed E-state index contributed by atoms with van der Waals surface area (Å²) in [6.45, 7) is 0. The Balaban J connectivity index is 1.38. The van der Waals surface area contributed by atoms with Gasteiger partial charge < -0.3 is 9.97 Å². The minimum atomic E-state index is 0.861. The fraction of sp³-hybridized carbons (Fsp3) is 0. The Morgan fingerprint density at radius 2 is 1.41 bits per heavy atom. The van der Waals surface area contributed by atoms with Gasteiger partial charge in [0.05, 0.1) is 21.3 Å². The molecule has 0 aliphatic heterocycles. The molecule has 6 aromatic rings. The van der Waals surface area contributed by atoms with Gasteiger partial charge in [-0.15, -0.1) is 11.3 Å². The van der Waals surface area contributed by atoms with Gasteiger partial charge in [0.2, 0.25) is 0 Å². The number of imidazole rings is 1.